The summed E-state index contributed by atoms with van der Waals surface area (Å²) in [7, 11) is 0. The molecule has 2 fully saturated rings. The van der Waals surface area contributed by atoms with Crippen molar-refractivity contribution in [2.45, 2.75) is 45.4 Å². The van der Waals surface area contributed by atoms with Gasteiger partial charge in [0.2, 0.25) is 5.91 Å². The predicted molar refractivity (Wildman–Crippen MR) is 114 cm³/mol. The molecule has 1 heterocycles. The molecule has 0 unspecified atom stereocenters. The molecule has 1 aromatic rings. The molecule has 148 valence electrons. The first-order valence-electron chi connectivity index (χ1n) is 9.42. The zero-order chi connectivity index (χ0) is 17.0. The van der Waals surface area contributed by atoms with E-state index in [1.807, 2.05) is 0 Å². The molecule has 2 aliphatic rings. The van der Waals surface area contributed by atoms with Gasteiger partial charge in [0.1, 0.15) is 0 Å². The molecule has 1 aliphatic heterocycles. The third-order valence-corrected chi connectivity index (χ3v) is 5.96. The Labute approximate surface area is 170 Å². The highest BCUT2D eigenvalue weighted by Crippen LogP contribution is 2.38. The molecule has 6 heteroatoms. The fourth-order valence-electron chi connectivity index (χ4n) is 4.30. The second-order valence-electron chi connectivity index (χ2n) is 7.60. The van der Waals surface area contributed by atoms with Gasteiger partial charge in [-0.2, -0.15) is 0 Å². The fourth-order valence-corrected chi connectivity index (χ4v) is 4.30. The van der Waals surface area contributed by atoms with Crippen molar-refractivity contribution in [2.75, 3.05) is 37.6 Å². The number of hydrogen-bond acceptors (Lipinski definition) is 3. The van der Waals surface area contributed by atoms with Gasteiger partial charge in [-0.1, -0.05) is 37.5 Å². The van der Waals surface area contributed by atoms with Crippen LogP contribution in [0.3, 0.4) is 0 Å². The largest absolute Gasteiger partial charge is 0.368 e. The summed E-state index contributed by atoms with van der Waals surface area (Å²) in [4.78, 5) is 17.2. The third kappa shape index (κ3) is 5.28. The van der Waals surface area contributed by atoms with Crippen LogP contribution in [0, 0.1) is 12.3 Å². The normalized spacial score (nSPS) is 19.3. The highest BCUT2D eigenvalue weighted by Gasteiger charge is 2.35. The number of carbonyl (C=O) groups excluding carboxylic acids is 1. The van der Waals surface area contributed by atoms with E-state index in [1.54, 1.807) is 0 Å². The van der Waals surface area contributed by atoms with Gasteiger partial charge < -0.3 is 15.5 Å². The van der Waals surface area contributed by atoms with Gasteiger partial charge in [0, 0.05) is 38.3 Å². The minimum Gasteiger partial charge on any atom is -0.368 e. The van der Waals surface area contributed by atoms with Crippen molar-refractivity contribution >= 4 is 36.4 Å². The summed E-state index contributed by atoms with van der Waals surface area (Å²) in [6.45, 7) is 6.31. The van der Waals surface area contributed by atoms with Crippen molar-refractivity contribution in [3.63, 3.8) is 0 Å². The van der Waals surface area contributed by atoms with Crippen molar-refractivity contribution in [1.29, 1.82) is 0 Å². The first kappa shape index (κ1) is 23.1. The average Bonchev–Trinajstić information content (AvgIpc) is 2.63. The summed E-state index contributed by atoms with van der Waals surface area (Å²) in [6, 6.07) is 8.50. The second-order valence-corrected chi connectivity index (χ2v) is 7.60. The van der Waals surface area contributed by atoms with E-state index in [0.29, 0.717) is 18.9 Å². The Morgan fingerprint density at radius 3 is 2.23 bits per heavy atom. The maximum atomic E-state index is 12.8. The highest BCUT2D eigenvalue weighted by molar-refractivity contribution is 5.85. The lowest BCUT2D eigenvalue weighted by Gasteiger charge is -2.40. The molecule has 3 rings (SSSR count). The molecular weight excluding hydrogens is 369 g/mol. The Kier molecular flexibility index (Phi) is 9.22. The van der Waals surface area contributed by atoms with Crippen molar-refractivity contribution in [1.82, 2.24) is 4.90 Å². The molecule has 0 spiro atoms. The molecule has 0 radical (unpaired) electrons. The fraction of sp³-hybridized carbons (Fsp3) is 0.650. The van der Waals surface area contributed by atoms with Gasteiger partial charge in [-0.25, -0.2) is 0 Å². The topological polar surface area (TPSA) is 49.6 Å². The number of halogens is 2. The van der Waals surface area contributed by atoms with Crippen LogP contribution < -0.4 is 10.6 Å². The molecule has 0 atom stereocenters. The maximum absolute atomic E-state index is 12.8. The number of rotatable bonds is 4. The summed E-state index contributed by atoms with van der Waals surface area (Å²) in [6.07, 6.45) is 6.65. The number of aryl methyl sites for hydroxylation is 1. The molecule has 4 nitrogen and oxygen atoms in total. The van der Waals surface area contributed by atoms with Crippen molar-refractivity contribution < 1.29 is 4.79 Å². The molecule has 1 saturated carbocycles. The zero-order valence-electron chi connectivity index (χ0n) is 15.8. The lowest BCUT2D eigenvalue weighted by molar-refractivity contribution is -0.134. The van der Waals surface area contributed by atoms with E-state index in [1.165, 1.54) is 30.5 Å². The standard InChI is InChI=1S/C20H31N3O.2ClH/c1-17-7-3-4-8-18(17)22-11-13-23(14-12-22)19(24)15-20(16-21)9-5-2-6-10-20;;/h3-4,7-8H,2,5-6,9-16,21H2,1H3;2*1H. The number of anilines is 1. The van der Waals surface area contributed by atoms with Crippen LogP contribution in [0.2, 0.25) is 0 Å². The SMILES string of the molecule is Cc1ccccc1N1CCN(C(=O)CC2(CN)CCCCC2)CC1.Cl.Cl. The van der Waals surface area contributed by atoms with Crippen LogP contribution in [0.25, 0.3) is 0 Å². The highest BCUT2D eigenvalue weighted by atomic mass is 35.5. The number of para-hydroxylation sites is 1. The number of benzene rings is 1. The minimum atomic E-state index is 0. The lowest BCUT2D eigenvalue weighted by atomic mass is 9.71. The van der Waals surface area contributed by atoms with E-state index in [2.05, 4.69) is 41.0 Å². The van der Waals surface area contributed by atoms with Crippen LogP contribution in [0.5, 0.6) is 0 Å². The predicted octanol–water partition coefficient (Wildman–Crippen LogP) is 3.79. The first-order chi connectivity index (χ1) is 11.6. The molecule has 1 amide bonds. The van der Waals surface area contributed by atoms with Gasteiger partial charge in [-0.3, -0.25) is 4.79 Å². The van der Waals surface area contributed by atoms with E-state index < -0.39 is 0 Å². The summed E-state index contributed by atoms with van der Waals surface area (Å²) >= 11 is 0. The molecule has 0 aromatic heterocycles. The number of hydrogen-bond donors (Lipinski definition) is 1. The number of amides is 1. The van der Waals surface area contributed by atoms with E-state index in [9.17, 15) is 4.79 Å². The summed E-state index contributed by atoms with van der Waals surface area (Å²) < 4.78 is 0. The van der Waals surface area contributed by atoms with Crippen LogP contribution in [0.15, 0.2) is 24.3 Å². The first-order valence-corrected chi connectivity index (χ1v) is 9.42. The monoisotopic (exact) mass is 401 g/mol. The van der Waals surface area contributed by atoms with E-state index in [-0.39, 0.29) is 30.2 Å². The van der Waals surface area contributed by atoms with Crippen LogP contribution in [-0.4, -0.2) is 43.5 Å². The molecule has 2 N–H and O–H groups in total. The third-order valence-electron chi connectivity index (χ3n) is 5.96. The molecule has 0 bridgehead atoms. The summed E-state index contributed by atoms with van der Waals surface area (Å²) in [5, 5.41) is 0. The van der Waals surface area contributed by atoms with Crippen LogP contribution >= 0.6 is 24.8 Å². The van der Waals surface area contributed by atoms with Crippen molar-refractivity contribution in [3.8, 4) is 0 Å². The molecule has 1 aromatic carbocycles. The Morgan fingerprint density at radius 2 is 1.65 bits per heavy atom. The van der Waals surface area contributed by atoms with Crippen molar-refractivity contribution in [3.05, 3.63) is 29.8 Å². The minimum absolute atomic E-state index is 0. The Hall–Kier alpha value is -0.970. The van der Waals surface area contributed by atoms with Crippen LogP contribution in [0.1, 0.15) is 44.1 Å². The second kappa shape index (κ2) is 10.4. The van der Waals surface area contributed by atoms with Gasteiger partial charge in [-0.15, -0.1) is 24.8 Å². The van der Waals surface area contributed by atoms with Crippen LogP contribution in [-0.2, 0) is 4.79 Å². The Balaban J connectivity index is 0.00000169. The van der Waals surface area contributed by atoms with E-state index in [0.717, 1.165) is 39.0 Å². The molecular formula is C20H33Cl2N3O. The van der Waals surface area contributed by atoms with Gasteiger partial charge in [-0.05, 0) is 43.4 Å². The van der Waals surface area contributed by atoms with Crippen molar-refractivity contribution in [2.24, 2.45) is 11.1 Å². The maximum Gasteiger partial charge on any atom is 0.223 e. The number of piperazine rings is 1. The van der Waals surface area contributed by atoms with Gasteiger partial charge in [0.15, 0.2) is 0 Å². The van der Waals surface area contributed by atoms with Crippen LogP contribution in [0.4, 0.5) is 5.69 Å². The quantitative estimate of drug-likeness (QED) is 0.834. The van der Waals surface area contributed by atoms with Gasteiger partial charge in [0.05, 0.1) is 0 Å². The molecule has 1 aliphatic carbocycles. The smallest absolute Gasteiger partial charge is 0.223 e. The number of carbonyl (C=O) groups is 1. The molecule has 1 saturated heterocycles. The average molecular weight is 402 g/mol. The number of nitrogens with zero attached hydrogens (tertiary/aromatic N) is 2. The number of nitrogens with two attached hydrogens (primary N) is 1. The lowest BCUT2D eigenvalue weighted by Crippen LogP contribution is -2.50. The van der Waals surface area contributed by atoms with Gasteiger partial charge in [0.25, 0.3) is 0 Å². The Bertz CT molecular complexity index is 568. The Morgan fingerprint density at radius 1 is 1.04 bits per heavy atom. The van der Waals surface area contributed by atoms with E-state index in [4.69, 9.17) is 5.73 Å². The molecule has 26 heavy (non-hydrogen) atoms. The summed E-state index contributed by atoms with van der Waals surface area (Å²) in [5.41, 5.74) is 8.73. The summed E-state index contributed by atoms with van der Waals surface area (Å²) in [5.74, 6) is 0.312. The van der Waals surface area contributed by atoms with E-state index >= 15 is 0 Å². The zero-order valence-corrected chi connectivity index (χ0v) is 17.4. The van der Waals surface area contributed by atoms with Gasteiger partial charge >= 0.3 is 0 Å².